The lowest BCUT2D eigenvalue weighted by molar-refractivity contribution is -0.140. The molecule has 9 heteroatoms. The van der Waals surface area contributed by atoms with Gasteiger partial charge in [0.2, 0.25) is 21.8 Å². The molecule has 0 heterocycles. The van der Waals surface area contributed by atoms with E-state index in [1.807, 2.05) is 33.8 Å². The summed E-state index contributed by atoms with van der Waals surface area (Å²) in [6, 6.07) is 11.8. The lowest BCUT2D eigenvalue weighted by Gasteiger charge is -2.33. The van der Waals surface area contributed by atoms with Gasteiger partial charge < -0.3 is 10.2 Å². The van der Waals surface area contributed by atoms with Gasteiger partial charge in [0.25, 0.3) is 0 Å². The summed E-state index contributed by atoms with van der Waals surface area (Å²) in [5.41, 5.74) is 0.847. The molecule has 2 amide bonds. The fourth-order valence-corrected chi connectivity index (χ4v) is 4.11. The fourth-order valence-electron chi connectivity index (χ4n) is 3.26. The first kappa shape index (κ1) is 26.3. The van der Waals surface area contributed by atoms with Gasteiger partial charge in [0.1, 0.15) is 18.4 Å². The smallest absolute Gasteiger partial charge is 0.244 e. The number of anilines is 1. The van der Waals surface area contributed by atoms with Crippen LogP contribution in [0.15, 0.2) is 48.5 Å². The summed E-state index contributed by atoms with van der Waals surface area (Å²) in [5, 5.41) is 2.82. The highest BCUT2D eigenvalue weighted by atomic mass is 32.2. The average molecular weight is 478 g/mol. The molecule has 1 atom stereocenters. The zero-order valence-electron chi connectivity index (χ0n) is 19.9. The second-order valence-electron chi connectivity index (χ2n) is 9.14. The number of aryl methyl sites for hydroxylation is 1. The molecule has 0 aliphatic rings. The van der Waals surface area contributed by atoms with E-state index in [-0.39, 0.29) is 12.1 Å². The normalized spacial score (nSPS) is 12.7. The van der Waals surface area contributed by atoms with Crippen LogP contribution in [-0.4, -0.2) is 49.5 Å². The van der Waals surface area contributed by atoms with E-state index >= 15 is 0 Å². The molecule has 2 aromatic carbocycles. The number of amides is 2. The summed E-state index contributed by atoms with van der Waals surface area (Å²) in [5.74, 6) is -1.56. The number of benzene rings is 2. The molecule has 1 N–H and O–H groups in total. The molecule has 0 radical (unpaired) electrons. The molecule has 0 saturated carbocycles. The van der Waals surface area contributed by atoms with Crippen molar-refractivity contribution < 1.29 is 22.4 Å². The molecule has 0 saturated heterocycles. The Morgan fingerprint density at radius 2 is 1.73 bits per heavy atom. The zero-order chi connectivity index (χ0) is 25.0. The predicted molar refractivity (Wildman–Crippen MR) is 128 cm³/mol. The molecule has 2 aromatic rings. The number of halogens is 1. The number of hydrogen-bond donors (Lipinski definition) is 1. The monoisotopic (exact) mass is 477 g/mol. The zero-order valence-corrected chi connectivity index (χ0v) is 20.7. The Hall–Kier alpha value is -2.94. The van der Waals surface area contributed by atoms with Crippen LogP contribution in [0.1, 0.15) is 38.8 Å². The van der Waals surface area contributed by atoms with Crippen molar-refractivity contribution >= 4 is 27.5 Å². The minimum absolute atomic E-state index is 0.185. The maximum absolute atomic E-state index is 14.4. The van der Waals surface area contributed by atoms with Crippen LogP contribution in [0.5, 0.6) is 0 Å². The average Bonchev–Trinajstić information content (AvgIpc) is 2.68. The largest absolute Gasteiger partial charge is 0.350 e. The number of sulfonamides is 1. The van der Waals surface area contributed by atoms with Gasteiger partial charge in [-0.05, 0) is 58.4 Å². The Morgan fingerprint density at radius 1 is 1.09 bits per heavy atom. The summed E-state index contributed by atoms with van der Waals surface area (Å²) in [6.07, 6.45) is 1.01. The van der Waals surface area contributed by atoms with Crippen molar-refractivity contribution in [3.8, 4) is 0 Å². The van der Waals surface area contributed by atoms with Gasteiger partial charge in [-0.1, -0.05) is 30.3 Å². The standard InChI is InChI=1S/C24H32FN3O4S/c1-17-10-9-12-20(14-17)28(33(6,31)32)16-22(29)27(15-19-11-7-8-13-21(19)25)18(2)23(30)26-24(3,4)5/h7-14,18H,15-16H2,1-6H3,(H,26,30)/t18-/m1/s1. The Kier molecular flexibility index (Phi) is 8.24. The Labute approximate surface area is 195 Å². The van der Waals surface area contributed by atoms with Crippen LogP contribution >= 0.6 is 0 Å². The van der Waals surface area contributed by atoms with Crippen molar-refractivity contribution in [2.45, 2.75) is 52.7 Å². The second-order valence-corrected chi connectivity index (χ2v) is 11.0. The van der Waals surface area contributed by atoms with E-state index in [0.717, 1.165) is 16.1 Å². The molecule has 0 unspecified atom stereocenters. The van der Waals surface area contributed by atoms with Gasteiger partial charge in [0.05, 0.1) is 11.9 Å². The van der Waals surface area contributed by atoms with Crippen molar-refractivity contribution in [2.24, 2.45) is 0 Å². The molecular weight excluding hydrogens is 445 g/mol. The third kappa shape index (κ3) is 7.56. The van der Waals surface area contributed by atoms with Crippen molar-refractivity contribution in [3.63, 3.8) is 0 Å². The number of nitrogens with zero attached hydrogens (tertiary/aromatic N) is 2. The molecular formula is C24H32FN3O4S. The number of hydrogen-bond acceptors (Lipinski definition) is 4. The van der Waals surface area contributed by atoms with Crippen LogP contribution in [-0.2, 0) is 26.2 Å². The first-order chi connectivity index (χ1) is 15.2. The second kappa shape index (κ2) is 10.3. The molecule has 0 aromatic heterocycles. The van der Waals surface area contributed by atoms with E-state index in [2.05, 4.69) is 5.32 Å². The SMILES string of the molecule is Cc1cccc(N(CC(=O)N(Cc2ccccc2F)[C@H](C)C(=O)NC(C)(C)C)S(C)(=O)=O)c1. The maximum Gasteiger partial charge on any atom is 0.244 e. The molecule has 0 bridgehead atoms. The molecule has 0 spiro atoms. The summed E-state index contributed by atoms with van der Waals surface area (Å²) >= 11 is 0. The number of carbonyl (C=O) groups is 2. The highest BCUT2D eigenvalue weighted by Crippen LogP contribution is 2.21. The highest BCUT2D eigenvalue weighted by molar-refractivity contribution is 7.92. The van der Waals surface area contributed by atoms with E-state index < -0.39 is 45.8 Å². The first-order valence-electron chi connectivity index (χ1n) is 10.6. The van der Waals surface area contributed by atoms with Crippen LogP contribution in [0, 0.1) is 12.7 Å². The minimum atomic E-state index is -3.81. The molecule has 0 fully saturated rings. The van der Waals surface area contributed by atoms with Crippen molar-refractivity contribution in [2.75, 3.05) is 17.1 Å². The molecule has 7 nitrogen and oxygen atoms in total. The van der Waals surface area contributed by atoms with E-state index in [0.29, 0.717) is 5.69 Å². The number of carbonyl (C=O) groups excluding carboxylic acids is 2. The number of nitrogens with one attached hydrogen (secondary N) is 1. The van der Waals surface area contributed by atoms with E-state index in [9.17, 15) is 22.4 Å². The Balaban J connectivity index is 2.42. The van der Waals surface area contributed by atoms with Gasteiger partial charge in [-0.25, -0.2) is 12.8 Å². The van der Waals surface area contributed by atoms with Crippen LogP contribution in [0.2, 0.25) is 0 Å². The molecule has 180 valence electrons. The quantitative estimate of drug-likeness (QED) is 0.633. The summed E-state index contributed by atoms with van der Waals surface area (Å²) in [6.45, 7) is 8.07. The van der Waals surface area contributed by atoms with Gasteiger partial charge in [-0.3, -0.25) is 13.9 Å². The van der Waals surface area contributed by atoms with Gasteiger partial charge >= 0.3 is 0 Å². The van der Waals surface area contributed by atoms with E-state index in [4.69, 9.17) is 0 Å². The van der Waals surface area contributed by atoms with E-state index in [1.165, 1.54) is 30.0 Å². The first-order valence-corrected chi connectivity index (χ1v) is 12.4. The predicted octanol–water partition coefficient (Wildman–Crippen LogP) is 3.23. The Bertz CT molecular complexity index is 1110. The minimum Gasteiger partial charge on any atom is -0.350 e. The van der Waals surface area contributed by atoms with Gasteiger partial charge in [0, 0.05) is 17.6 Å². The molecule has 0 aliphatic heterocycles. The summed E-state index contributed by atoms with van der Waals surface area (Å²) < 4.78 is 40.4. The van der Waals surface area contributed by atoms with Crippen molar-refractivity contribution in [1.29, 1.82) is 0 Å². The molecule has 33 heavy (non-hydrogen) atoms. The van der Waals surface area contributed by atoms with Crippen molar-refractivity contribution in [1.82, 2.24) is 10.2 Å². The third-order valence-corrected chi connectivity index (χ3v) is 6.07. The van der Waals surface area contributed by atoms with Gasteiger partial charge in [-0.15, -0.1) is 0 Å². The van der Waals surface area contributed by atoms with Gasteiger partial charge in [-0.2, -0.15) is 0 Å². The molecule has 0 aliphatic carbocycles. The van der Waals surface area contributed by atoms with E-state index in [1.54, 1.807) is 24.3 Å². The van der Waals surface area contributed by atoms with Crippen LogP contribution in [0.3, 0.4) is 0 Å². The van der Waals surface area contributed by atoms with Crippen LogP contribution in [0.25, 0.3) is 0 Å². The van der Waals surface area contributed by atoms with Crippen LogP contribution in [0.4, 0.5) is 10.1 Å². The Morgan fingerprint density at radius 3 is 2.27 bits per heavy atom. The molecule has 2 rings (SSSR count). The number of rotatable bonds is 8. The topological polar surface area (TPSA) is 86.8 Å². The third-order valence-electron chi connectivity index (χ3n) is 4.93. The summed E-state index contributed by atoms with van der Waals surface area (Å²) in [4.78, 5) is 27.5. The lowest BCUT2D eigenvalue weighted by atomic mass is 10.1. The maximum atomic E-state index is 14.4. The highest BCUT2D eigenvalue weighted by Gasteiger charge is 2.31. The van der Waals surface area contributed by atoms with Gasteiger partial charge in [0.15, 0.2) is 0 Å². The lowest BCUT2D eigenvalue weighted by Crippen LogP contribution is -2.54. The van der Waals surface area contributed by atoms with Crippen molar-refractivity contribution in [3.05, 3.63) is 65.5 Å². The summed E-state index contributed by atoms with van der Waals surface area (Å²) in [7, 11) is -3.81. The van der Waals surface area contributed by atoms with Crippen LogP contribution < -0.4 is 9.62 Å². The fraction of sp³-hybridized carbons (Fsp3) is 0.417.